The van der Waals surface area contributed by atoms with Crippen molar-refractivity contribution < 1.29 is 0 Å². The van der Waals surface area contributed by atoms with Crippen LogP contribution in [0.3, 0.4) is 0 Å². The first-order valence-corrected chi connectivity index (χ1v) is 6.84. The van der Waals surface area contributed by atoms with Gasteiger partial charge in [0.2, 0.25) is 0 Å². The normalized spacial score (nSPS) is 11.7. The van der Waals surface area contributed by atoms with Crippen molar-refractivity contribution in [2.75, 3.05) is 7.05 Å². The number of rotatable bonds is 4. The van der Waals surface area contributed by atoms with Crippen LogP contribution in [0, 0.1) is 0 Å². The number of hydrogen-bond donors (Lipinski definition) is 1. The van der Waals surface area contributed by atoms with Gasteiger partial charge in [0, 0.05) is 30.2 Å². The van der Waals surface area contributed by atoms with E-state index in [1.807, 2.05) is 7.05 Å². The zero-order valence-electron chi connectivity index (χ0n) is 12.2. The first kappa shape index (κ1) is 13.2. The minimum absolute atomic E-state index is 0.552. The summed E-state index contributed by atoms with van der Waals surface area (Å²) in [6.07, 6.45) is 1.10. The third-order valence-corrected chi connectivity index (χ3v) is 3.73. The Morgan fingerprint density at radius 1 is 1.28 bits per heavy atom. The van der Waals surface area contributed by atoms with E-state index in [2.05, 4.69) is 55.9 Å². The second kappa shape index (κ2) is 5.15. The highest BCUT2D eigenvalue weighted by atomic mass is 15.0. The van der Waals surface area contributed by atoms with Gasteiger partial charge < -0.3 is 9.88 Å². The van der Waals surface area contributed by atoms with Gasteiger partial charge in [-0.3, -0.25) is 0 Å². The van der Waals surface area contributed by atoms with E-state index in [4.69, 9.17) is 0 Å². The molecule has 0 fully saturated rings. The molecule has 1 aromatic heterocycles. The maximum Gasteiger partial charge on any atom is 0.0483 e. The van der Waals surface area contributed by atoms with Gasteiger partial charge in [-0.15, -0.1) is 0 Å². The number of aryl methyl sites for hydroxylation is 2. The number of aromatic nitrogens is 1. The fraction of sp³-hybridized carbons (Fsp3) is 0.500. The SMILES string of the molecule is CCc1ccc2c(c1)c(CNC)c(C(C)C)n2C. The van der Waals surface area contributed by atoms with Gasteiger partial charge in [-0.2, -0.15) is 0 Å². The summed E-state index contributed by atoms with van der Waals surface area (Å²) in [5.41, 5.74) is 5.68. The Morgan fingerprint density at radius 3 is 2.56 bits per heavy atom. The van der Waals surface area contributed by atoms with Crippen molar-refractivity contribution in [1.29, 1.82) is 0 Å². The van der Waals surface area contributed by atoms with E-state index in [0.29, 0.717) is 5.92 Å². The summed E-state index contributed by atoms with van der Waals surface area (Å²) >= 11 is 0. The summed E-state index contributed by atoms with van der Waals surface area (Å²) in [6, 6.07) is 6.86. The summed E-state index contributed by atoms with van der Waals surface area (Å²) in [7, 11) is 4.20. The van der Waals surface area contributed by atoms with Gasteiger partial charge >= 0.3 is 0 Å². The molecular weight excluding hydrogens is 220 g/mol. The van der Waals surface area contributed by atoms with E-state index < -0.39 is 0 Å². The van der Waals surface area contributed by atoms with Crippen molar-refractivity contribution >= 4 is 10.9 Å². The van der Waals surface area contributed by atoms with Gasteiger partial charge in [0.25, 0.3) is 0 Å². The maximum absolute atomic E-state index is 3.31. The molecule has 1 N–H and O–H groups in total. The van der Waals surface area contributed by atoms with Crippen LogP contribution in [0.1, 0.15) is 43.5 Å². The molecule has 0 aliphatic carbocycles. The van der Waals surface area contributed by atoms with Crippen LogP contribution in [0.4, 0.5) is 0 Å². The fourth-order valence-corrected chi connectivity index (χ4v) is 2.91. The third-order valence-electron chi connectivity index (χ3n) is 3.73. The lowest BCUT2D eigenvalue weighted by Crippen LogP contribution is -2.09. The second-order valence-electron chi connectivity index (χ2n) is 5.31. The van der Waals surface area contributed by atoms with E-state index in [-0.39, 0.29) is 0 Å². The number of benzene rings is 1. The van der Waals surface area contributed by atoms with Gasteiger partial charge in [-0.1, -0.05) is 26.8 Å². The van der Waals surface area contributed by atoms with E-state index in [9.17, 15) is 0 Å². The molecule has 0 unspecified atom stereocenters. The van der Waals surface area contributed by atoms with E-state index >= 15 is 0 Å². The van der Waals surface area contributed by atoms with Crippen molar-refractivity contribution in [3.63, 3.8) is 0 Å². The van der Waals surface area contributed by atoms with Gasteiger partial charge in [-0.05, 0) is 42.6 Å². The highest BCUT2D eigenvalue weighted by Crippen LogP contribution is 2.31. The van der Waals surface area contributed by atoms with Gasteiger partial charge in [0.15, 0.2) is 0 Å². The summed E-state index contributed by atoms with van der Waals surface area (Å²) in [5.74, 6) is 0.552. The number of nitrogens with one attached hydrogen (secondary N) is 1. The van der Waals surface area contributed by atoms with Crippen molar-refractivity contribution in [1.82, 2.24) is 9.88 Å². The zero-order chi connectivity index (χ0) is 13.3. The Kier molecular flexibility index (Phi) is 3.76. The molecule has 2 heteroatoms. The topological polar surface area (TPSA) is 17.0 Å². The summed E-state index contributed by atoms with van der Waals surface area (Å²) < 4.78 is 2.35. The highest BCUT2D eigenvalue weighted by Gasteiger charge is 2.16. The smallest absolute Gasteiger partial charge is 0.0483 e. The molecule has 0 saturated heterocycles. The molecule has 1 heterocycles. The molecule has 0 atom stereocenters. The molecule has 0 aliphatic rings. The molecule has 0 radical (unpaired) electrons. The Hall–Kier alpha value is -1.28. The first-order valence-electron chi connectivity index (χ1n) is 6.84. The Bertz CT molecular complexity index is 550. The largest absolute Gasteiger partial charge is 0.347 e. The minimum Gasteiger partial charge on any atom is -0.347 e. The minimum atomic E-state index is 0.552. The van der Waals surface area contributed by atoms with Crippen LogP contribution in [0.25, 0.3) is 10.9 Å². The number of hydrogen-bond acceptors (Lipinski definition) is 1. The van der Waals surface area contributed by atoms with Crippen LogP contribution in [0.15, 0.2) is 18.2 Å². The predicted octanol–water partition coefficient (Wildman–Crippen LogP) is 3.58. The summed E-state index contributed by atoms with van der Waals surface area (Å²) in [6.45, 7) is 7.70. The lowest BCUT2D eigenvalue weighted by molar-refractivity contribution is 0.719. The Labute approximate surface area is 110 Å². The third kappa shape index (κ3) is 2.05. The van der Waals surface area contributed by atoms with E-state index in [1.165, 1.54) is 27.7 Å². The van der Waals surface area contributed by atoms with Crippen LogP contribution in [0.5, 0.6) is 0 Å². The van der Waals surface area contributed by atoms with Crippen LogP contribution in [-0.2, 0) is 20.0 Å². The molecule has 0 spiro atoms. The molecule has 0 aliphatic heterocycles. The van der Waals surface area contributed by atoms with Crippen molar-refractivity contribution in [2.45, 2.75) is 39.7 Å². The average Bonchev–Trinajstić information content (AvgIpc) is 2.63. The van der Waals surface area contributed by atoms with Crippen molar-refractivity contribution in [2.24, 2.45) is 7.05 Å². The average molecular weight is 244 g/mol. The monoisotopic (exact) mass is 244 g/mol. The molecule has 2 rings (SSSR count). The van der Waals surface area contributed by atoms with Crippen LogP contribution < -0.4 is 5.32 Å². The number of nitrogens with zero attached hydrogens (tertiary/aromatic N) is 1. The summed E-state index contributed by atoms with van der Waals surface area (Å²) in [4.78, 5) is 0. The highest BCUT2D eigenvalue weighted by molar-refractivity contribution is 5.86. The molecule has 18 heavy (non-hydrogen) atoms. The van der Waals surface area contributed by atoms with Gasteiger partial charge in [0.05, 0.1) is 0 Å². The standard InChI is InChI=1S/C16H24N2/c1-6-12-7-8-15-13(9-12)14(10-17-4)16(11(2)3)18(15)5/h7-9,11,17H,6,10H2,1-5H3. The van der Waals surface area contributed by atoms with Crippen molar-refractivity contribution in [3.05, 3.63) is 35.0 Å². The second-order valence-corrected chi connectivity index (χ2v) is 5.31. The molecule has 1 aromatic carbocycles. The maximum atomic E-state index is 3.31. The lowest BCUT2D eigenvalue weighted by Gasteiger charge is -2.11. The van der Waals surface area contributed by atoms with E-state index in [1.54, 1.807) is 0 Å². The van der Waals surface area contributed by atoms with Gasteiger partial charge in [0.1, 0.15) is 0 Å². The lowest BCUT2D eigenvalue weighted by atomic mass is 10.0. The molecule has 0 amide bonds. The number of fused-ring (bicyclic) bond motifs is 1. The van der Waals surface area contributed by atoms with E-state index in [0.717, 1.165) is 13.0 Å². The van der Waals surface area contributed by atoms with Crippen LogP contribution >= 0.6 is 0 Å². The molecule has 0 saturated carbocycles. The van der Waals surface area contributed by atoms with Crippen LogP contribution in [-0.4, -0.2) is 11.6 Å². The molecule has 2 aromatic rings. The van der Waals surface area contributed by atoms with Crippen LogP contribution in [0.2, 0.25) is 0 Å². The quantitative estimate of drug-likeness (QED) is 0.870. The summed E-state index contributed by atoms with van der Waals surface area (Å²) in [5, 5.41) is 4.72. The fourth-order valence-electron chi connectivity index (χ4n) is 2.91. The first-order chi connectivity index (χ1) is 8.60. The molecule has 2 nitrogen and oxygen atoms in total. The molecule has 98 valence electrons. The zero-order valence-corrected chi connectivity index (χ0v) is 12.2. The Morgan fingerprint density at radius 2 is 2.00 bits per heavy atom. The Balaban J connectivity index is 2.75. The molecule has 0 bridgehead atoms. The molecular formula is C16H24N2. The van der Waals surface area contributed by atoms with Gasteiger partial charge in [-0.25, -0.2) is 0 Å². The van der Waals surface area contributed by atoms with Crippen molar-refractivity contribution in [3.8, 4) is 0 Å². The predicted molar refractivity (Wildman–Crippen MR) is 79.1 cm³/mol.